The molecule has 0 spiro atoms. The maximum atomic E-state index is 12.9. The van der Waals surface area contributed by atoms with Gasteiger partial charge < -0.3 is 14.2 Å². The SMILES string of the molecule is O=C(c1cc2ccccc2oc1=O)N1CCN(c2ccc3ccccc3n2)CC1. The molecule has 1 fully saturated rings. The monoisotopic (exact) mass is 385 g/mol. The third-order valence-corrected chi connectivity index (χ3v) is 5.35. The van der Waals surface area contributed by atoms with Gasteiger partial charge in [-0.25, -0.2) is 9.78 Å². The number of piperazine rings is 1. The van der Waals surface area contributed by atoms with Gasteiger partial charge in [0.1, 0.15) is 17.0 Å². The third-order valence-electron chi connectivity index (χ3n) is 5.35. The lowest BCUT2D eigenvalue weighted by Gasteiger charge is -2.35. The lowest BCUT2D eigenvalue weighted by molar-refractivity contribution is 0.0742. The van der Waals surface area contributed by atoms with Crippen LogP contribution >= 0.6 is 0 Å². The van der Waals surface area contributed by atoms with Gasteiger partial charge in [0.25, 0.3) is 5.91 Å². The van der Waals surface area contributed by atoms with E-state index in [1.54, 1.807) is 23.1 Å². The molecular formula is C23H19N3O3. The number of hydrogen-bond acceptors (Lipinski definition) is 5. The molecule has 0 unspecified atom stereocenters. The summed E-state index contributed by atoms with van der Waals surface area (Å²) in [6.45, 7) is 2.38. The molecule has 1 aliphatic rings. The minimum absolute atomic E-state index is 0.0842. The van der Waals surface area contributed by atoms with Crippen LogP contribution in [0.4, 0.5) is 5.82 Å². The molecule has 0 bridgehead atoms. The molecule has 144 valence electrons. The smallest absolute Gasteiger partial charge is 0.349 e. The zero-order valence-electron chi connectivity index (χ0n) is 15.7. The Kier molecular flexibility index (Phi) is 4.24. The van der Waals surface area contributed by atoms with Gasteiger partial charge in [0.15, 0.2) is 0 Å². The Labute approximate surface area is 167 Å². The number of nitrogens with zero attached hydrogens (tertiary/aromatic N) is 3. The predicted molar refractivity (Wildman–Crippen MR) is 112 cm³/mol. The van der Waals surface area contributed by atoms with Gasteiger partial charge in [-0.3, -0.25) is 4.79 Å². The van der Waals surface area contributed by atoms with Gasteiger partial charge in [0, 0.05) is 37.0 Å². The highest BCUT2D eigenvalue weighted by Crippen LogP contribution is 2.20. The van der Waals surface area contributed by atoms with Crippen molar-refractivity contribution in [1.29, 1.82) is 0 Å². The summed E-state index contributed by atoms with van der Waals surface area (Å²) in [6.07, 6.45) is 0. The Morgan fingerprint density at radius 1 is 0.862 bits per heavy atom. The van der Waals surface area contributed by atoms with Crippen LogP contribution in [0.3, 0.4) is 0 Å². The highest BCUT2D eigenvalue weighted by molar-refractivity contribution is 5.96. The summed E-state index contributed by atoms with van der Waals surface area (Å²) < 4.78 is 5.31. The summed E-state index contributed by atoms with van der Waals surface area (Å²) in [5.41, 5.74) is 0.937. The van der Waals surface area contributed by atoms with E-state index in [0.717, 1.165) is 22.1 Å². The molecule has 1 saturated heterocycles. The molecule has 2 aromatic heterocycles. The normalized spacial score (nSPS) is 14.5. The molecule has 0 aliphatic carbocycles. The highest BCUT2D eigenvalue weighted by Gasteiger charge is 2.25. The van der Waals surface area contributed by atoms with Crippen molar-refractivity contribution in [3.8, 4) is 0 Å². The molecule has 0 N–H and O–H groups in total. The van der Waals surface area contributed by atoms with Gasteiger partial charge in [-0.05, 0) is 30.3 Å². The van der Waals surface area contributed by atoms with E-state index in [4.69, 9.17) is 9.40 Å². The van der Waals surface area contributed by atoms with Crippen molar-refractivity contribution in [1.82, 2.24) is 9.88 Å². The molecule has 5 rings (SSSR count). The topological polar surface area (TPSA) is 66.7 Å². The van der Waals surface area contributed by atoms with E-state index >= 15 is 0 Å². The molecule has 29 heavy (non-hydrogen) atoms. The minimum atomic E-state index is -0.590. The number of amides is 1. The fraction of sp³-hybridized carbons (Fsp3) is 0.174. The van der Waals surface area contributed by atoms with Crippen LogP contribution in [0.1, 0.15) is 10.4 Å². The Morgan fingerprint density at radius 2 is 1.59 bits per heavy atom. The molecule has 3 heterocycles. The summed E-state index contributed by atoms with van der Waals surface area (Å²) in [7, 11) is 0. The number of anilines is 1. The third kappa shape index (κ3) is 3.23. The number of aromatic nitrogens is 1. The van der Waals surface area contributed by atoms with Crippen molar-refractivity contribution in [2.24, 2.45) is 0 Å². The van der Waals surface area contributed by atoms with Crippen molar-refractivity contribution in [2.75, 3.05) is 31.1 Å². The molecular weight excluding hydrogens is 366 g/mol. The van der Waals surface area contributed by atoms with Gasteiger partial charge in [-0.1, -0.05) is 36.4 Å². The van der Waals surface area contributed by atoms with E-state index in [9.17, 15) is 9.59 Å². The lowest BCUT2D eigenvalue weighted by Crippen LogP contribution is -2.49. The second kappa shape index (κ2) is 7.05. The number of pyridine rings is 1. The van der Waals surface area contributed by atoms with Gasteiger partial charge in [0.2, 0.25) is 0 Å². The van der Waals surface area contributed by atoms with Crippen LogP contribution in [0.15, 0.2) is 75.9 Å². The van der Waals surface area contributed by atoms with Crippen LogP contribution in [-0.2, 0) is 0 Å². The van der Waals surface area contributed by atoms with E-state index in [0.29, 0.717) is 31.8 Å². The first-order valence-electron chi connectivity index (χ1n) is 9.62. The van der Waals surface area contributed by atoms with Crippen molar-refractivity contribution in [2.45, 2.75) is 0 Å². The molecule has 6 nitrogen and oxygen atoms in total. The summed E-state index contributed by atoms with van der Waals surface area (Å²) in [5, 5.41) is 1.85. The number of carbonyl (C=O) groups is 1. The maximum Gasteiger partial charge on any atom is 0.349 e. The fourth-order valence-electron chi connectivity index (χ4n) is 3.75. The number of fused-ring (bicyclic) bond motifs is 2. The van der Waals surface area contributed by atoms with Crippen LogP contribution < -0.4 is 10.5 Å². The first-order chi connectivity index (χ1) is 14.2. The standard InChI is InChI=1S/C23H19N3O3/c27-22(18-15-17-6-2-4-8-20(17)29-23(18)28)26-13-11-25(12-14-26)21-10-9-16-5-1-3-7-19(16)24-21/h1-10,15H,11-14H2. The quantitative estimate of drug-likeness (QED) is 0.495. The minimum Gasteiger partial charge on any atom is -0.422 e. The molecule has 1 amide bonds. The van der Waals surface area contributed by atoms with E-state index in [2.05, 4.69) is 11.0 Å². The number of benzene rings is 2. The summed E-state index contributed by atoms with van der Waals surface area (Å²) in [4.78, 5) is 33.8. The van der Waals surface area contributed by atoms with Gasteiger partial charge in [-0.15, -0.1) is 0 Å². The second-order valence-corrected chi connectivity index (χ2v) is 7.13. The molecule has 4 aromatic rings. The Balaban J connectivity index is 1.34. The zero-order chi connectivity index (χ0) is 19.8. The predicted octanol–water partition coefficient (Wildman–Crippen LogP) is 3.30. The molecule has 0 atom stereocenters. The molecule has 2 aromatic carbocycles. The fourth-order valence-corrected chi connectivity index (χ4v) is 3.75. The molecule has 1 aliphatic heterocycles. The molecule has 0 radical (unpaired) electrons. The van der Waals surface area contributed by atoms with E-state index in [-0.39, 0.29) is 11.5 Å². The Hall–Kier alpha value is -3.67. The average molecular weight is 385 g/mol. The Bertz CT molecular complexity index is 1270. The van der Waals surface area contributed by atoms with Gasteiger partial charge >= 0.3 is 5.63 Å². The zero-order valence-corrected chi connectivity index (χ0v) is 15.7. The molecule has 6 heteroatoms. The van der Waals surface area contributed by atoms with Crippen molar-refractivity contribution < 1.29 is 9.21 Å². The van der Waals surface area contributed by atoms with Crippen LogP contribution in [-0.4, -0.2) is 42.0 Å². The first-order valence-corrected chi connectivity index (χ1v) is 9.62. The van der Waals surface area contributed by atoms with E-state index < -0.39 is 5.63 Å². The van der Waals surface area contributed by atoms with Crippen LogP contribution in [0, 0.1) is 0 Å². The summed E-state index contributed by atoms with van der Waals surface area (Å²) >= 11 is 0. The average Bonchev–Trinajstić information content (AvgIpc) is 2.78. The summed E-state index contributed by atoms with van der Waals surface area (Å²) in [5.74, 6) is 0.622. The Morgan fingerprint density at radius 3 is 2.41 bits per heavy atom. The highest BCUT2D eigenvalue weighted by atomic mass is 16.4. The molecule has 0 saturated carbocycles. The first kappa shape index (κ1) is 17.4. The second-order valence-electron chi connectivity index (χ2n) is 7.13. The van der Waals surface area contributed by atoms with Crippen molar-refractivity contribution >= 4 is 33.6 Å². The van der Waals surface area contributed by atoms with E-state index in [1.807, 2.05) is 42.5 Å². The van der Waals surface area contributed by atoms with Crippen molar-refractivity contribution in [3.63, 3.8) is 0 Å². The van der Waals surface area contributed by atoms with Crippen LogP contribution in [0.25, 0.3) is 21.9 Å². The largest absolute Gasteiger partial charge is 0.422 e. The van der Waals surface area contributed by atoms with Crippen LogP contribution in [0.5, 0.6) is 0 Å². The van der Waals surface area contributed by atoms with Gasteiger partial charge in [0.05, 0.1) is 5.52 Å². The lowest BCUT2D eigenvalue weighted by atomic mass is 10.1. The van der Waals surface area contributed by atoms with Crippen molar-refractivity contribution in [3.05, 3.63) is 82.7 Å². The summed E-state index contributed by atoms with van der Waals surface area (Å²) in [6, 6.07) is 20.9. The van der Waals surface area contributed by atoms with E-state index in [1.165, 1.54) is 0 Å². The van der Waals surface area contributed by atoms with Gasteiger partial charge in [-0.2, -0.15) is 0 Å². The number of carbonyl (C=O) groups excluding carboxylic acids is 1. The number of hydrogen-bond donors (Lipinski definition) is 0. The van der Waals surface area contributed by atoms with Crippen LogP contribution in [0.2, 0.25) is 0 Å². The number of rotatable bonds is 2. The maximum absolute atomic E-state index is 12.9. The number of para-hydroxylation sites is 2.